The summed E-state index contributed by atoms with van der Waals surface area (Å²) in [4.78, 5) is 116. The number of ketones is 1. The molecule has 2 heterocycles. The van der Waals surface area contributed by atoms with Crippen LogP contribution < -0.4 is 48.3 Å². The summed E-state index contributed by atoms with van der Waals surface area (Å²) in [5, 5.41) is 16.1. The Morgan fingerprint density at radius 2 is 1.61 bits per heavy atom. The summed E-state index contributed by atoms with van der Waals surface area (Å²) in [6, 6.07) is 2.57. The maximum Gasteiger partial charge on any atom is 0.245 e. The quantitative estimate of drug-likeness (QED) is 0.0285. The average molecular weight is 927 g/mol. The number of nitrogens with one attached hydrogen (secondary N) is 6. The van der Waals surface area contributed by atoms with E-state index in [4.69, 9.17) is 20.9 Å². The SMILES string of the molecule is CC[C@H](C)[C@H](NC(C)=O)C(=O)N[C@@H](CCCCNC(=O)CCOCCOC)C(=O)N1CCN(c2ccc3c(c2)C(=O)C(CC(=O)N[C@@H](CCCN=C(N)N)C(=O)NCC(=O)NC)C=N3)CC1. The number of piperazine rings is 1. The molecular formula is C44H70N12O10. The maximum atomic E-state index is 14.1. The topological polar surface area (TPSA) is 310 Å². The molecule has 0 aliphatic carbocycles. The number of ether oxygens (including phenoxy) is 2. The minimum absolute atomic E-state index is 0.112. The van der Waals surface area contributed by atoms with Crippen LogP contribution in [0.15, 0.2) is 28.2 Å². The second-order valence-electron chi connectivity index (χ2n) is 16.3. The lowest BCUT2D eigenvalue weighted by molar-refractivity contribution is -0.138. The van der Waals surface area contributed by atoms with E-state index in [0.29, 0.717) is 89.3 Å². The van der Waals surface area contributed by atoms with E-state index in [2.05, 4.69) is 41.9 Å². The van der Waals surface area contributed by atoms with Crippen LogP contribution in [0.1, 0.15) is 82.5 Å². The molecule has 22 heteroatoms. The number of amides is 7. The Kier molecular flexibility index (Phi) is 23.5. The highest BCUT2D eigenvalue weighted by Gasteiger charge is 2.34. The molecule has 1 aromatic rings. The van der Waals surface area contributed by atoms with Crippen molar-refractivity contribution in [1.82, 2.24) is 36.8 Å². The lowest BCUT2D eigenvalue weighted by atomic mass is 9.91. The summed E-state index contributed by atoms with van der Waals surface area (Å²) in [5.41, 5.74) is 12.3. The number of guanidine groups is 1. The number of carbonyl (C=O) groups excluding carboxylic acids is 8. The molecule has 3 rings (SSSR count). The van der Waals surface area contributed by atoms with Gasteiger partial charge in [0, 0.05) is 90.7 Å². The molecule has 5 atom stereocenters. The monoisotopic (exact) mass is 927 g/mol. The van der Waals surface area contributed by atoms with E-state index in [-0.39, 0.29) is 74.3 Å². The number of nitrogens with zero attached hydrogens (tertiary/aromatic N) is 4. The minimum atomic E-state index is -1.02. The molecule has 366 valence electrons. The molecule has 22 nitrogen and oxygen atoms in total. The van der Waals surface area contributed by atoms with Crippen LogP contribution in [0, 0.1) is 11.8 Å². The van der Waals surface area contributed by atoms with Gasteiger partial charge in [0.2, 0.25) is 41.4 Å². The first-order valence-electron chi connectivity index (χ1n) is 22.6. The van der Waals surface area contributed by atoms with Gasteiger partial charge in [0.1, 0.15) is 18.1 Å². The molecule has 0 bridgehead atoms. The Bertz CT molecular complexity index is 1880. The third-order valence-electron chi connectivity index (χ3n) is 11.3. The van der Waals surface area contributed by atoms with Crippen molar-refractivity contribution >= 4 is 70.7 Å². The Hall–Kier alpha value is -6.16. The number of likely N-dealkylation sites (N-methyl/N-ethyl adjacent to an activating group) is 1. The number of hydrogen-bond donors (Lipinski definition) is 8. The number of rotatable bonds is 28. The molecule has 1 unspecified atom stereocenters. The van der Waals surface area contributed by atoms with Crippen LogP contribution in [0.5, 0.6) is 0 Å². The van der Waals surface area contributed by atoms with E-state index < -0.39 is 47.7 Å². The molecule has 10 N–H and O–H groups in total. The third-order valence-corrected chi connectivity index (χ3v) is 11.3. The van der Waals surface area contributed by atoms with E-state index in [0.717, 1.165) is 5.69 Å². The maximum absolute atomic E-state index is 14.1. The number of unbranched alkanes of at least 4 members (excludes halogenated alkanes) is 1. The number of aliphatic imine (C=N–C) groups is 2. The molecule has 2 aliphatic heterocycles. The zero-order chi connectivity index (χ0) is 48.6. The van der Waals surface area contributed by atoms with Gasteiger partial charge < -0.3 is 62.6 Å². The number of Topliss-reactive ketones (excluding diaryl/α,β-unsaturated/α-hetero) is 1. The number of nitrogens with two attached hydrogens (primary N) is 2. The zero-order valence-corrected chi connectivity index (χ0v) is 39.0. The molecule has 0 spiro atoms. The minimum Gasteiger partial charge on any atom is -0.382 e. The highest BCUT2D eigenvalue weighted by Crippen LogP contribution is 2.32. The molecule has 1 fully saturated rings. The van der Waals surface area contributed by atoms with Crippen LogP contribution in [0.25, 0.3) is 0 Å². The summed E-state index contributed by atoms with van der Waals surface area (Å²) < 4.78 is 10.3. The van der Waals surface area contributed by atoms with Crippen molar-refractivity contribution in [2.45, 2.75) is 90.3 Å². The second-order valence-corrected chi connectivity index (χ2v) is 16.3. The highest BCUT2D eigenvalue weighted by atomic mass is 16.5. The van der Waals surface area contributed by atoms with Crippen molar-refractivity contribution in [2.24, 2.45) is 33.3 Å². The van der Waals surface area contributed by atoms with Crippen LogP contribution >= 0.6 is 0 Å². The first-order valence-corrected chi connectivity index (χ1v) is 22.6. The van der Waals surface area contributed by atoms with Crippen LogP contribution in [-0.4, -0.2) is 162 Å². The number of methoxy groups -OCH3 is 1. The van der Waals surface area contributed by atoms with Gasteiger partial charge in [0.05, 0.1) is 38.0 Å². The molecule has 1 aromatic carbocycles. The number of hydrogen-bond acceptors (Lipinski definition) is 13. The van der Waals surface area contributed by atoms with Gasteiger partial charge in [-0.2, -0.15) is 0 Å². The summed E-state index contributed by atoms with van der Waals surface area (Å²) in [7, 11) is 3.00. The Labute approximate surface area is 386 Å². The standard InChI is InChI=1S/C44H70N12O10/c1-6-28(2)39(52-29(3)57)42(63)54-35(10-7-8-15-48-36(58)14-21-66-23-22-65-5)43(64)56-19-17-55(18-20-56)31-12-13-33-32(25-31)40(61)30(26-50-33)24-37(59)53-34(11-9-16-49-44(45)46)41(62)51-27-38(60)47-4/h12-13,25-26,28,30,34-35,39H,6-11,14-24,27H2,1-5H3,(H,47,60)(H,48,58)(H,51,62)(H,52,57)(H,53,59)(H,54,63)(H4,45,46,49)/t28-,30?,34-,35-,39-/m0/s1. The fourth-order valence-electron chi connectivity index (χ4n) is 7.26. The number of carbonyl (C=O) groups is 8. The smallest absolute Gasteiger partial charge is 0.245 e. The zero-order valence-electron chi connectivity index (χ0n) is 39.0. The van der Waals surface area contributed by atoms with E-state index >= 15 is 0 Å². The van der Waals surface area contributed by atoms with E-state index in [1.807, 2.05) is 24.8 Å². The van der Waals surface area contributed by atoms with Crippen molar-refractivity contribution < 1.29 is 47.8 Å². The highest BCUT2D eigenvalue weighted by molar-refractivity contribution is 6.14. The van der Waals surface area contributed by atoms with Crippen molar-refractivity contribution in [3.8, 4) is 0 Å². The van der Waals surface area contributed by atoms with Gasteiger partial charge in [-0.05, 0) is 56.2 Å². The number of anilines is 1. The van der Waals surface area contributed by atoms with Crippen LogP contribution in [-0.2, 0) is 43.0 Å². The number of benzene rings is 1. The Morgan fingerprint density at radius 1 is 0.879 bits per heavy atom. The number of fused-ring (bicyclic) bond motifs is 1. The normalized spacial score (nSPS) is 16.1. The Balaban J connectivity index is 1.64. The first kappa shape index (κ1) is 54.2. The largest absolute Gasteiger partial charge is 0.382 e. The molecule has 0 aromatic heterocycles. The molecule has 66 heavy (non-hydrogen) atoms. The predicted molar refractivity (Wildman–Crippen MR) is 248 cm³/mol. The summed E-state index contributed by atoms with van der Waals surface area (Å²) in [5.74, 6) is -4.31. The van der Waals surface area contributed by atoms with Gasteiger partial charge in [-0.15, -0.1) is 0 Å². The first-order chi connectivity index (χ1) is 31.6. The fourth-order valence-corrected chi connectivity index (χ4v) is 7.26. The third kappa shape index (κ3) is 18.4. The van der Waals surface area contributed by atoms with E-state index in [1.165, 1.54) is 20.2 Å². The molecular weight excluding hydrogens is 857 g/mol. The average Bonchev–Trinajstić information content (AvgIpc) is 3.30. The fraction of sp³-hybridized carbons (Fsp3) is 0.636. The predicted octanol–water partition coefficient (Wildman–Crippen LogP) is -0.984. The van der Waals surface area contributed by atoms with Crippen LogP contribution in [0.3, 0.4) is 0 Å². The summed E-state index contributed by atoms with van der Waals surface area (Å²) >= 11 is 0. The van der Waals surface area contributed by atoms with Gasteiger partial charge in [0.25, 0.3) is 0 Å². The molecule has 7 amide bonds. The van der Waals surface area contributed by atoms with Gasteiger partial charge in [-0.25, -0.2) is 0 Å². The van der Waals surface area contributed by atoms with Gasteiger partial charge in [-0.3, -0.25) is 48.3 Å². The van der Waals surface area contributed by atoms with Crippen molar-refractivity contribution in [2.75, 3.05) is 84.7 Å². The van der Waals surface area contributed by atoms with Crippen molar-refractivity contribution in [3.63, 3.8) is 0 Å². The van der Waals surface area contributed by atoms with Gasteiger partial charge in [-0.1, -0.05) is 20.3 Å². The molecule has 2 aliphatic rings. The van der Waals surface area contributed by atoms with Crippen molar-refractivity contribution in [3.05, 3.63) is 23.8 Å². The van der Waals surface area contributed by atoms with E-state index in [1.54, 1.807) is 24.1 Å². The molecule has 0 radical (unpaired) electrons. The summed E-state index contributed by atoms with van der Waals surface area (Å²) in [6.07, 6.45) is 3.90. The van der Waals surface area contributed by atoms with Crippen LogP contribution in [0.4, 0.5) is 11.4 Å². The molecule has 1 saturated heterocycles. The second kappa shape index (κ2) is 28.7. The van der Waals surface area contributed by atoms with E-state index in [9.17, 15) is 38.4 Å². The van der Waals surface area contributed by atoms with Gasteiger partial charge in [0.15, 0.2) is 11.7 Å². The lowest BCUT2D eigenvalue weighted by Gasteiger charge is -2.38. The lowest BCUT2D eigenvalue weighted by Crippen LogP contribution is -2.58. The summed E-state index contributed by atoms with van der Waals surface area (Å²) in [6.45, 7) is 8.03. The van der Waals surface area contributed by atoms with Crippen LogP contribution in [0.2, 0.25) is 0 Å². The molecule has 0 saturated carbocycles. The Morgan fingerprint density at radius 3 is 2.27 bits per heavy atom. The van der Waals surface area contributed by atoms with Gasteiger partial charge >= 0.3 is 0 Å². The van der Waals surface area contributed by atoms with Crippen molar-refractivity contribution in [1.29, 1.82) is 0 Å².